The molecule has 0 aliphatic heterocycles. The quantitative estimate of drug-likeness (QED) is 0.741. The number of carbonyl (C=O) groups excluding carboxylic acids is 1. The van der Waals surface area contributed by atoms with Gasteiger partial charge in [0.15, 0.2) is 5.13 Å². The fraction of sp³-hybridized carbons (Fsp3) is 0.600. The lowest BCUT2D eigenvalue weighted by Gasteiger charge is -2.22. The number of rotatable bonds is 4. The standard InChI is InChI=1S/C10H16N2O2S/c1-5-7(2)12(3)10-11-6-8(15-10)9(13)14-4/h6-7H,5H2,1-4H3. The van der Waals surface area contributed by atoms with Gasteiger partial charge in [0.05, 0.1) is 13.3 Å². The molecule has 0 radical (unpaired) electrons. The van der Waals surface area contributed by atoms with Gasteiger partial charge in [-0.05, 0) is 13.3 Å². The van der Waals surface area contributed by atoms with Crippen molar-refractivity contribution in [2.75, 3.05) is 19.1 Å². The Balaban J connectivity index is 2.79. The molecule has 0 fully saturated rings. The van der Waals surface area contributed by atoms with Gasteiger partial charge < -0.3 is 9.64 Å². The summed E-state index contributed by atoms with van der Waals surface area (Å²) in [6.07, 6.45) is 2.61. The van der Waals surface area contributed by atoms with Gasteiger partial charge in [-0.25, -0.2) is 9.78 Å². The molecule has 0 amide bonds. The molecule has 1 aromatic rings. The molecule has 84 valence electrons. The zero-order valence-electron chi connectivity index (χ0n) is 9.48. The maximum atomic E-state index is 11.2. The van der Waals surface area contributed by atoms with Crippen molar-refractivity contribution in [3.05, 3.63) is 11.1 Å². The molecule has 0 saturated heterocycles. The zero-order valence-corrected chi connectivity index (χ0v) is 10.3. The first kappa shape index (κ1) is 12.0. The van der Waals surface area contributed by atoms with Crippen molar-refractivity contribution in [1.29, 1.82) is 0 Å². The lowest BCUT2D eigenvalue weighted by Crippen LogP contribution is -2.27. The molecule has 1 aromatic heterocycles. The Morgan fingerprint density at radius 1 is 1.73 bits per heavy atom. The Hall–Kier alpha value is -1.10. The van der Waals surface area contributed by atoms with Crippen molar-refractivity contribution < 1.29 is 9.53 Å². The highest BCUT2D eigenvalue weighted by atomic mass is 32.1. The molecule has 0 spiro atoms. The molecule has 1 rings (SSSR count). The van der Waals surface area contributed by atoms with Crippen molar-refractivity contribution in [3.8, 4) is 0 Å². The summed E-state index contributed by atoms with van der Waals surface area (Å²) in [5.74, 6) is -0.323. The van der Waals surface area contributed by atoms with E-state index in [1.165, 1.54) is 18.4 Å². The Kier molecular flexibility index (Phi) is 4.08. The molecule has 5 heteroatoms. The van der Waals surface area contributed by atoms with E-state index in [4.69, 9.17) is 0 Å². The fourth-order valence-electron chi connectivity index (χ4n) is 1.09. The van der Waals surface area contributed by atoms with Crippen LogP contribution in [-0.2, 0) is 4.74 Å². The molecule has 4 nitrogen and oxygen atoms in total. The number of carbonyl (C=O) groups is 1. The molecule has 15 heavy (non-hydrogen) atoms. The van der Waals surface area contributed by atoms with Crippen molar-refractivity contribution >= 4 is 22.4 Å². The smallest absolute Gasteiger partial charge is 0.349 e. The van der Waals surface area contributed by atoms with Gasteiger partial charge in [0.1, 0.15) is 4.88 Å². The third-order valence-corrected chi connectivity index (χ3v) is 3.50. The third-order valence-electron chi connectivity index (χ3n) is 2.43. The van der Waals surface area contributed by atoms with Crippen LogP contribution in [0.4, 0.5) is 5.13 Å². The van der Waals surface area contributed by atoms with Crippen LogP contribution in [0.2, 0.25) is 0 Å². The predicted molar refractivity (Wildman–Crippen MR) is 61.6 cm³/mol. The van der Waals surface area contributed by atoms with Crippen LogP contribution in [-0.4, -0.2) is 31.2 Å². The van der Waals surface area contributed by atoms with Gasteiger partial charge in [0.2, 0.25) is 0 Å². The van der Waals surface area contributed by atoms with Crippen molar-refractivity contribution in [2.24, 2.45) is 0 Å². The molecule has 0 saturated carbocycles. The van der Waals surface area contributed by atoms with Crippen molar-refractivity contribution in [1.82, 2.24) is 4.98 Å². The summed E-state index contributed by atoms with van der Waals surface area (Å²) < 4.78 is 4.63. The van der Waals surface area contributed by atoms with Crippen LogP contribution in [0.3, 0.4) is 0 Å². The summed E-state index contributed by atoms with van der Waals surface area (Å²) in [5.41, 5.74) is 0. The van der Waals surface area contributed by atoms with Crippen LogP contribution in [0.15, 0.2) is 6.20 Å². The minimum absolute atomic E-state index is 0.323. The number of methoxy groups -OCH3 is 1. The van der Waals surface area contributed by atoms with Crippen LogP contribution in [0, 0.1) is 0 Å². The summed E-state index contributed by atoms with van der Waals surface area (Å²) >= 11 is 1.36. The zero-order chi connectivity index (χ0) is 11.4. The second-order valence-electron chi connectivity index (χ2n) is 3.37. The number of hydrogen-bond donors (Lipinski definition) is 0. The number of aromatic nitrogens is 1. The van der Waals surface area contributed by atoms with E-state index in [1.807, 2.05) is 7.05 Å². The first-order valence-corrected chi connectivity index (χ1v) is 5.68. The van der Waals surface area contributed by atoms with Gasteiger partial charge in [0.25, 0.3) is 0 Å². The minimum atomic E-state index is -0.323. The largest absolute Gasteiger partial charge is 0.465 e. The first-order valence-electron chi connectivity index (χ1n) is 4.87. The summed E-state index contributed by atoms with van der Waals surface area (Å²) in [5, 5.41) is 0.852. The van der Waals surface area contributed by atoms with Crippen LogP contribution in [0.25, 0.3) is 0 Å². The monoisotopic (exact) mass is 228 g/mol. The maximum Gasteiger partial charge on any atom is 0.349 e. The Bertz CT molecular complexity index is 338. The van der Waals surface area contributed by atoms with Gasteiger partial charge in [-0.3, -0.25) is 0 Å². The molecule has 0 aliphatic rings. The third kappa shape index (κ3) is 2.68. The summed E-state index contributed by atoms with van der Waals surface area (Å²) in [4.78, 5) is 18.0. The summed E-state index contributed by atoms with van der Waals surface area (Å²) in [6.45, 7) is 4.25. The van der Waals surface area contributed by atoms with Crippen LogP contribution in [0.1, 0.15) is 29.9 Å². The molecule has 1 atom stereocenters. The predicted octanol–water partition coefficient (Wildman–Crippen LogP) is 2.16. The maximum absolute atomic E-state index is 11.2. The number of thiazole rings is 1. The highest BCUT2D eigenvalue weighted by Gasteiger charge is 2.15. The SMILES string of the molecule is CCC(C)N(C)c1ncc(C(=O)OC)s1. The lowest BCUT2D eigenvalue weighted by atomic mass is 10.2. The number of esters is 1. The van der Waals surface area contributed by atoms with E-state index in [0.29, 0.717) is 10.9 Å². The fourth-order valence-corrected chi connectivity index (χ4v) is 1.98. The normalized spacial score (nSPS) is 12.3. The Morgan fingerprint density at radius 3 is 2.93 bits per heavy atom. The molecular weight excluding hydrogens is 212 g/mol. The first-order chi connectivity index (χ1) is 7.10. The van der Waals surface area contributed by atoms with E-state index in [2.05, 4.69) is 28.5 Å². The van der Waals surface area contributed by atoms with E-state index in [0.717, 1.165) is 11.6 Å². The van der Waals surface area contributed by atoms with E-state index in [9.17, 15) is 4.79 Å². The van der Waals surface area contributed by atoms with E-state index in [1.54, 1.807) is 6.20 Å². The van der Waals surface area contributed by atoms with Crippen LogP contribution >= 0.6 is 11.3 Å². The van der Waals surface area contributed by atoms with Gasteiger partial charge >= 0.3 is 5.97 Å². The average Bonchev–Trinajstić information content (AvgIpc) is 2.75. The minimum Gasteiger partial charge on any atom is -0.465 e. The number of hydrogen-bond acceptors (Lipinski definition) is 5. The van der Waals surface area contributed by atoms with Gasteiger partial charge in [-0.15, -0.1) is 0 Å². The van der Waals surface area contributed by atoms with E-state index >= 15 is 0 Å². The highest BCUT2D eigenvalue weighted by Crippen LogP contribution is 2.24. The highest BCUT2D eigenvalue weighted by molar-refractivity contribution is 7.17. The molecule has 0 aromatic carbocycles. The summed E-state index contributed by atoms with van der Waals surface area (Å²) in [7, 11) is 3.36. The van der Waals surface area contributed by atoms with E-state index in [-0.39, 0.29) is 5.97 Å². The second-order valence-corrected chi connectivity index (χ2v) is 4.38. The topological polar surface area (TPSA) is 42.4 Å². The molecule has 1 unspecified atom stereocenters. The van der Waals surface area contributed by atoms with Gasteiger partial charge in [-0.1, -0.05) is 18.3 Å². The number of ether oxygens (including phenoxy) is 1. The summed E-state index contributed by atoms with van der Waals surface area (Å²) in [6, 6.07) is 0.418. The lowest BCUT2D eigenvalue weighted by molar-refractivity contribution is 0.0606. The van der Waals surface area contributed by atoms with Gasteiger partial charge in [0, 0.05) is 13.1 Å². The molecule has 0 N–H and O–H groups in total. The van der Waals surface area contributed by atoms with Gasteiger partial charge in [-0.2, -0.15) is 0 Å². The van der Waals surface area contributed by atoms with Crippen LogP contribution in [0.5, 0.6) is 0 Å². The molecule has 1 heterocycles. The average molecular weight is 228 g/mol. The van der Waals surface area contributed by atoms with E-state index < -0.39 is 0 Å². The molecular formula is C10H16N2O2S. The second kappa shape index (κ2) is 5.11. The Labute approximate surface area is 93.9 Å². The molecule has 0 bridgehead atoms. The van der Waals surface area contributed by atoms with Crippen molar-refractivity contribution in [3.63, 3.8) is 0 Å². The van der Waals surface area contributed by atoms with Crippen molar-refractivity contribution in [2.45, 2.75) is 26.3 Å². The van der Waals surface area contributed by atoms with Crippen LogP contribution < -0.4 is 4.90 Å². The Morgan fingerprint density at radius 2 is 2.40 bits per heavy atom. The number of nitrogens with zero attached hydrogens (tertiary/aromatic N) is 2. The number of anilines is 1. The molecule has 0 aliphatic carbocycles.